The van der Waals surface area contributed by atoms with Crippen LogP contribution in [0.15, 0.2) is 53.0 Å². The van der Waals surface area contributed by atoms with Crippen LogP contribution >= 0.6 is 15.9 Å². The first-order chi connectivity index (χ1) is 11.2. The standard InChI is InChI=1S/C18H20BrNO3/c1-22-12-10-20-18(21)16-13-15(19)7-8-17(16)23-11-9-14-5-3-2-4-6-14/h2-8,13H,9-12H2,1H3,(H,20,21). The number of rotatable bonds is 8. The molecule has 2 aromatic carbocycles. The van der Waals surface area contributed by atoms with Gasteiger partial charge in [0.25, 0.3) is 5.91 Å². The fourth-order valence-electron chi connectivity index (χ4n) is 2.09. The van der Waals surface area contributed by atoms with Crippen molar-refractivity contribution in [2.45, 2.75) is 6.42 Å². The second-order valence-corrected chi connectivity index (χ2v) is 5.89. The molecular formula is C18H20BrNO3. The van der Waals surface area contributed by atoms with Crippen LogP contribution in [0.5, 0.6) is 5.75 Å². The van der Waals surface area contributed by atoms with Gasteiger partial charge in [-0.2, -0.15) is 0 Å². The molecule has 0 spiro atoms. The van der Waals surface area contributed by atoms with Gasteiger partial charge in [-0.15, -0.1) is 0 Å². The zero-order valence-corrected chi connectivity index (χ0v) is 14.6. The van der Waals surface area contributed by atoms with Gasteiger partial charge in [-0.05, 0) is 23.8 Å². The van der Waals surface area contributed by atoms with Crippen molar-refractivity contribution in [1.82, 2.24) is 5.32 Å². The second-order valence-electron chi connectivity index (χ2n) is 4.97. The number of carbonyl (C=O) groups is 1. The molecule has 5 heteroatoms. The molecule has 4 nitrogen and oxygen atoms in total. The van der Waals surface area contributed by atoms with E-state index in [4.69, 9.17) is 9.47 Å². The van der Waals surface area contributed by atoms with Crippen molar-refractivity contribution in [2.24, 2.45) is 0 Å². The van der Waals surface area contributed by atoms with Gasteiger partial charge in [-0.1, -0.05) is 46.3 Å². The molecule has 0 bridgehead atoms. The monoisotopic (exact) mass is 377 g/mol. The fourth-order valence-corrected chi connectivity index (χ4v) is 2.45. The van der Waals surface area contributed by atoms with Crippen molar-refractivity contribution in [1.29, 1.82) is 0 Å². The van der Waals surface area contributed by atoms with Gasteiger partial charge in [0.05, 0.1) is 18.8 Å². The van der Waals surface area contributed by atoms with Crippen molar-refractivity contribution in [3.63, 3.8) is 0 Å². The molecule has 0 saturated carbocycles. The lowest BCUT2D eigenvalue weighted by molar-refractivity contribution is 0.0933. The van der Waals surface area contributed by atoms with Crippen LogP contribution in [0.2, 0.25) is 0 Å². The van der Waals surface area contributed by atoms with Crippen LogP contribution < -0.4 is 10.1 Å². The summed E-state index contributed by atoms with van der Waals surface area (Å²) >= 11 is 3.39. The first-order valence-corrected chi connectivity index (χ1v) is 8.23. The SMILES string of the molecule is COCCNC(=O)c1cc(Br)ccc1OCCc1ccccc1. The lowest BCUT2D eigenvalue weighted by Crippen LogP contribution is -2.27. The zero-order valence-electron chi connectivity index (χ0n) is 13.0. The molecule has 0 heterocycles. The molecule has 1 amide bonds. The molecule has 0 saturated heterocycles. The first kappa shape index (κ1) is 17.5. The van der Waals surface area contributed by atoms with E-state index in [2.05, 4.69) is 33.4 Å². The van der Waals surface area contributed by atoms with Crippen molar-refractivity contribution >= 4 is 21.8 Å². The average molecular weight is 378 g/mol. The third-order valence-electron chi connectivity index (χ3n) is 3.27. The Hall–Kier alpha value is -1.85. The smallest absolute Gasteiger partial charge is 0.255 e. The average Bonchev–Trinajstić information content (AvgIpc) is 2.57. The molecule has 0 aliphatic heterocycles. The number of benzene rings is 2. The van der Waals surface area contributed by atoms with Gasteiger partial charge in [0.2, 0.25) is 0 Å². The summed E-state index contributed by atoms with van der Waals surface area (Å²) in [6.07, 6.45) is 0.793. The summed E-state index contributed by atoms with van der Waals surface area (Å²) in [5.74, 6) is 0.414. The highest BCUT2D eigenvalue weighted by Crippen LogP contribution is 2.23. The number of nitrogens with one attached hydrogen (secondary N) is 1. The molecule has 0 aliphatic carbocycles. The molecule has 122 valence electrons. The predicted molar refractivity (Wildman–Crippen MR) is 94.0 cm³/mol. The number of amides is 1. The lowest BCUT2D eigenvalue weighted by Gasteiger charge is -2.12. The molecule has 1 N–H and O–H groups in total. The lowest BCUT2D eigenvalue weighted by atomic mass is 10.1. The van der Waals surface area contributed by atoms with E-state index in [1.165, 1.54) is 5.56 Å². The van der Waals surface area contributed by atoms with E-state index in [1.807, 2.05) is 24.3 Å². The molecule has 2 rings (SSSR count). The normalized spacial score (nSPS) is 10.3. The number of carbonyl (C=O) groups excluding carboxylic acids is 1. The summed E-state index contributed by atoms with van der Waals surface area (Å²) < 4.78 is 11.6. The second kappa shape index (κ2) is 9.33. The van der Waals surface area contributed by atoms with E-state index < -0.39 is 0 Å². The summed E-state index contributed by atoms with van der Waals surface area (Å²) in [6.45, 7) is 1.46. The highest BCUT2D eigenvalue weighted by Gasteiger charge is 2.13. The Morgan fingerprint density at radius 1 is 1.13 bits per heavy atom. The summed E-state index contributed by atoms with van der Waals surface area (Å²) in [5, 5.41) is 2.81. The Morgan fingerprint density at radius 3 is 2.65 bits per heavy atom. The predicted octanol–water partition coefficient (Wildman–Crippen LogP) is 3.45. The Kier molecular flexibility index (Phi) is 7.10. The van der Waals surface area contributed by atoms with Gasteiger partial charge in [0.1, 0.15) is 5.75 Å². The summed E-state index contributed by atoms with van der Waals surface area (Å²) in [7, 11) is 1.60. The Morgan fingerprint density at radius 2 is 1.91 bits per heavy atom. The zero-order chi connectivity index (χ0) is 16.5. The molecule has 0 atom stereocenters. The molecule has 0 aliphatic rings. The quantitative estimate of drug-likeness (QED) is 0.716. The number of hydrogen-bond donors (Lipinski definition) is 1. The maximum absolute atomic E-state index is 12.3. The van der Waals surface area contributed by atoms with Crippen LogP contribution in [0.3, 0.4) is 0 Å². The maximum Gasteiger partial charge on any atom is 0.255 e. The van der Waals surface area contributed by atoms with Crippen LogP contribution in [0.25, 0.3) is 0 Å². The minimum atomic E-state index is -0.168. The first-order valence-electron chi connectivity index (χ1n) is 7.44. The summed E-state index contributed by atoms with van der Waals surface area (Å²) in [4.78, 5) is 12.3. The van der Waals surface area contributed by atoms with Crippen molar-refractivity contribution in [3.8, 4) is 5.75 Å². The Labute approximate surface area is 144 Å². The number of methoxy groups -OCH3 is 1. The summed E-state index contributed by atoms with van der Waals surface area (Å²) in [5.41, 5.74) is 1.72. The highest BCUT2D eigenvalue weighted by molar-refractivity contribution is 9.10. The maximum atomic E-state index is 12.3. The summed E-state index contributed by atoms with van der Waals surface area (Å²) in [6, 6.07) is 15.5. The van der Waals surface area contributed by atoms with Gasteiger partial charge >= 0.3 is 0 Å². The van der Waals surface area contributed by atoms with Crippen molar-refractivity contribution in [2.75, 3.05) is 26.9 Å². The third kappa shape index (κ3) is 5.69. The fraction of sp³-hybridized carbons (Fsp3) is 0.278. The molecule has 0 aromatic heterocycles. The minimum absolute atomic E-state index is 0.168. The van der Waals surface area contributed by atoms with E-state index in [0.717, 1.165) is 10.9 Å². The topological polar surface area (TPSA) is 47.6 Å². The molecule has 0 fully saturated rings. The van der Waals surface area contributed by atoms with E-state index in [1.54, 1.807) is 19.2 Å². The molecule has 0 unspecified atom stereocenters. The number of ether oxygens (including phenoxy) is 2. The van der Waals surface area contributed by atoms with Crippen molar-refractivity contribution < 1.29 is 14.3 Å². The van der Waals surface area contributed by atoms with Crippen molar-refractivity contribution in [3.05, 3.63) is 64.1 Å². The largest absolute Gasteiger partial charge is 0.492 e. The van der Waals surface area contributed by atoms with Crippen LogP contribution in [0, 0.1) is 0 Å². The van der Waals surface area contributed by atoms with E-state index in [-0.39, 0.29) is 5.91 Å². The number of halogens is 1. The van der Waals surface area contributed by atoms with E-state index >= 15 is 0 Å². The highest BCUT2D eigenvalue weighted by atomic mass is 79.9. The third-order valence-corrected chi connectivity index (χ3v) is 3.76. The minimum Gasteiger partial charge on any atom is -0.492 e. The molecule has 23 heavy (non-hydrogen) atoms. The van der Waals surface area contributed by atoms with Crippen LogP contribution in [0.4, 0.5) is 0 Å². The van der Waals surface area contributed by atoms with E-state index in [0.29, 0.717) is 31.1 Å². The molecule has 2 aromatic rings. The number of hydrogen-bond acceptors (Lipinski definition) is 3. The van der Waals surface area contributed by atoms with Gasteiger partial charge in [0.15, 0.2) is 0 Å². The van der Waals surface area contributed by atoms with E-state index in [9.17, 15) is 4.79 Å². The van der Waals surface area contributed by atoms with Crippen LogP contribution in [-0.4, -0.2) is 32.8 Å². The van der Waals surface area contributed by atoms with Gasteiger partial charge < -0.3 is 14.8 Å². The van der Waals surface area contributed by atoms with Crippen LogP contribution in [0.1, 0.15) is 15.9 Å². The van der Waals surface area contributed by atoms with Gasteiger partial charge in [-0.25, -0.2) is 0 Å². The van der Waals surface area contributed by atoms with Crippen LogP contribution in [-0.2, 0) is 11.2 Å². The molecule has 0 radical (unpaired) electrons. The Bertz CT molecular complexity index is 631. The van der Waals surface area contributed by atoms with Gasteiger partial charge in [-0.3, -0.25) is 4.79 Å². The molecular weight excluding hydrogens is 358 g/mol. The Balaban J connectivity index is 1.98. The van der Waals surface area contributed by atoms with Gasteiger partial charge in [0, 0.05) is 24.5 Å².